The van der Waals surface area contributed by atoms with Crippen LogP contribution >= 0.6 is 0 Å². The van der Waals surface area contributed by atoms with Crippen molar-refractivity contribution in [1.82, 2.24) is 0 Å². The molecule has 2 N–H and O–H groups in total. The second-order valence-electron chi connectivity index (χ2n) is 7.87. The number of esters is 1. The van der Waals surface area contributed by atoms with Crippen molar-refractivity contribution in [3.63, 3.8) is 0 Å². The molecule has 0 amide bonds. The van der Waals surface area contributed by atoms with Crippen LogP contribution in [0.3, 0.4) is 0 Å². The smallest absolute Gasteiger partial charge is 0.341 e. The maximum Gasteiger partial charge on any atom is 0.341 e. The molecule has 0 fully saturated rings. The van der Waals surface area contributed by atoms with Gasteiger partial charge < -0.3 is 14.9 Å². The van der Waals surface area contributed by atoms with Gasteiger partial charge >= 0.3 is 5.97 Å². The minimum absolute atomic E-state index is 0.0654. The summed E-state index contributed by atoms with van der Waals surface area (Å²) in [6, 6.07) is 20.6. The molecule has 0 atom stereocenters. The van der Waals surface area contributed by atoms with E-state index in [1.165, 1.54) is 0 Å². The van der Waals surface area contributed by atoms with Crippen molar-refractivity contribution < 1.29 is 19.7 Å². The van der Waals surface area contributed by atoms with Gasteiger partial charge in [-0.25, -0.2) is 4.79 Å². The van der Waals surface area contributed by atoms with Crippen molar-refractivity contribution in [2.24, 2.45) is 0 Å². The molecule has 31 heavy (non-hydrogen) atoms. The molecule has 0 saturated carbocycles. The van der Waals surface area contributed by atoms with Gasteiger partial charge in [0.2, 0.25) is 0 Å². The highest BCUT2D eigenvalue weighted by molar-refractivity contribution is 6.00. The summed E-state index contributed by atoms with van der Waals surface area (Å²) in [4.78, 5) is 12.5. The highest BCUT2D eigenvalue weighted by atomic mass is 16.5. The average molecular weight is 415 g/mol. The highest BCUT2D eigenvalue weighted by Crippen LogP contribution is 2.31. The third kappa shape index (κ3) is 4.64. The Balaban J connectivity index is 1.61. The summed E-state index contributed by atoms with van der Waals surface area (Å²) >= 11 is 0. The topological polar surface area (TPSA) is 66.8 Å². The monoisotopic (exact) mass is 414 g/mol. The molecule has 4 aromatic rings. The molecule has 0 unspecified atom stereocenters. The molecule has 4 aromatic carbocycles. The maximum atomic E-state index is 12.5. The van der Waals surface area contributed by atoms with Crippen LogP contribution in [-0.2, 0) is 4.74 Å². The summed E-state index contributed by atoms with van der Waals surface area (Å²) in [5.41, 5.74) is 2.23. The zero-order chi connectivity index (χ0) is 21.8. The van der Waals surface area contributed by atoms with Gasteiger partial charge in [-0.1, -0.05) is 56.5 Å². The van der Waals surface area contributed by atoms with E-state index in [0.717, 1.165) is 58.4 Å². The molecule has 4 nitrogen and oxygen atoms in total. The number of hydrogen-bond donors (Lipinski definition) is 2. The Morgan fingerprint density at radius 2 is 1.39 bits per heavy atom. The van der Waals surface area contributed by atoms with Gasteiger partial charge in [-0.15, -0.1) is 0 Å². The molecular weight excluding hydrogens is 388 g/mol. The van der Waals surface area contributed by atoms with Gasteiger partial charge in [-0.3, -0.25) is 0 Å². The van der Waals surface area contributed by atoms with Crippen LogP contribution in [0.4, 0.5) is 0 Å². The first kappa shape index (κ1) is 20.7. The summed E-state index contributed by atoms with van der Waals surface area (Å²) < 4.78 is 5.36. The number of fused-ring (bicyclic) bond motifs is 2. The first-order valence-electron chi connectivity index (χ1n) is 10.7. The molecule has 0 aromatic heterocycles. The van der Waals surface area contributed by atoms with Gasteiger partial charge in [0, 0.05) is 0 Å². The maximum absolute atomic E-state index is 12.5. The lowest BCUT2D eigenvalue weighted by Gasteiger charge is -2.10. The number of carbonyl (C=O) groups excluding carboxylic acids is 1. The van der Waals surface area contributed by atoms with E-state index in [1.807, 2.05) is 36.4 Å². The predicted molar refractivity (Wildman–Crippen MR) is 125 cm³/mol. The van der Waals surface area contributed by atoms with Crippen LogP contribution in [0.1, 0.15) is 43.0 Å². The number of hydrogen-bond acceptors (Lipinski definition) is 4. The minimum atomic E-state index is -0.494. The van der Waals surface area contributed by atoms with Gasteiger partial charge in [0.1, 0.15) is 17.1 Å². The molecule has 0 bridgehead atoms. The van der Waals surface area contributed by atoms with Crippen molar-refractivity contribution in [1.29, 1.82) is 0 Å². The fraction of sp³-hybridized carbons (Fsp3) is 0.222. The van der Waals surface area contributed by atoms with Crippen molar-refractivity contribution in [3.05, 3.63) is 72.3 Å². The van der Waals surface area contributed by atoms with E-state index in [0.29, 0.717) is 6.61 Å². The van der Waals surface area contributed by atoms with Gasteiger partial charge in [0.25, 0.3) is 0 Å². The third-order valence-electron chi connectivity index (χ3n) is 5.56. The van der Waals surface area contributed by atoms with Gasteiger partial charge in [0.05, 0.1) is 6.61 Å². The molecule has 158 valence electrons. The second kappa shape index (κ2) is 9.09. The number of ether oxygens (including phenoxy) is 1. The quantitative estimate of drug-likeness (QED) is 0.257. The average Bonchev–Trinajstić information content (AvgIpc) is 2.77. The van der Waals surface area contributed by atoms with Crippen molar-refractivity contribution in [2.75, 3.05) is 6.61 Å². The summed E-state index contributed by atoms with van der Waals surface area (Å²) in [5.74, 6) is -0.313. The standard InChI is InChI=1S/C27H26O4/c1-2-3-4-5-12-31-27(30)25-16-23-14-19(7-9-22(23)17-26(25)29)18-6-8-21-15-24(28)11-10-20(21)13-18/h6-11,13-17,28-29H,2-5,12H2,1H3. The Labute approximate surface area is 181 Å². The first-order valence-corrected chi connectivity index (χ1v) is 10.7. The van der Waals surface area contributed by atoms with Crippen LogP contribution in [0.5, 0.6) is 11.5 Å². The lowest BCUT2D eigenvalue weighted by Crippen LogP contribution is -2.07. The number of aromatic hydroxyl groups is 2. The van der Waals surface area contributed by atoms with E-state index in [2.05, 4.69) is 13.0 Å². The Kier molecular flexibility index (Phi) is 6.08. The Morgan fingerprint density at radius 1 is 0.742 bits per heavy atom. The van der Waals surface area contributed by atoms with Crippen LogP contribution in [0.15, 0.2) is 66.7 Å². The molecule has 0 aliphatic carbocycles. The number of carbonyl (C=O) groups is 1. The number of rotatable bonds is 7. The molecule has 0 aliphatic rings. The molecule has 4 rings (SSSR count). The number of benzene rings is 4. The zero-order valence-corrected chi connectivity index (χ0v) is 17.6. The summed E-state index contributed by atoms with van der Waals surface area (Å²) in [7, 11) is 0. The number of phenols is 2. The SMILES string of the molecule is CCCCCCOC(=O)c1cc2cc(-c3ccc4cc(O)ccc4c3)ccc2cc1O. The molecule has 0 saturated heterocycles. The summed E-state index contributed by atoms with van der Waals surface area (Å²) in [5, 5.41) is 23.7. The lowest BCUT2D eigenvalue weighted by molar-refractivity contribution is 0.0494. The van der Waals surface area contributed by atoms with E-state index in [-0.39, 0.29) is 17.1 Å². The normalized spacial score (nSPS) is 11.1. The van der Waals surface area contributed by atoms with E-state index in [9.17, 15) is 15.0 Å². The van der Waals surface area contributed by atoms with Crippen molar-refractivity contribution in [3.8, 4) is 22.6 Å². The molecule has 0 radical (unpaired) electrons. The van der Waals surface area contributed by atoms with E-state index in [1.54, 1.807) is 24.3 Å². The first-order chi connectivity index (χ1) is 15.0. The Hall–Kier alpha value is -3.53. The van der Waals surface area contributed by atoms with Crippen LogP contribution in [0, 0.1) is 0 Å². The van der Waals surface area contributed by atoms with Gasteiger partial charge in [-0.05, 0) is 75.5 Å². The lowest BCUT2D eigenvalue weighted by atomic mass is 9.97. The van der Waals surface area contributed by atoms with Crippen LogP contribution < -0.4 is 0 Å². The predicted octanol–water partition coefficient (Wildman–Crippen LogP) is 6.81. The highest BCUT2D eigenvalue weighted by Gasteiger charge is 2.14. The molecule has 0 heterocycles. The molecule has 0 spiro atoms. The fourth-order valence-corrected chi connectivity index (χ4v) is 3.81. The van der Waals surface area contributed by atoms with Crippen molar-refractivity contribution in [2.45, 2.75) is 32.6 Å². The fourth-order valence-electron chi connectivity index (χ4n) is 3.81. The third-order valence-corrected chi connectivity index (χ3v) is 5.56. The van der Waals surface area contributed by atoms with Crippen LogP contribution in [0.2, 0.25) is 0 Å². The van der Waals surface area contributed by atoms with Gasteiger partial charge in [-0.2, -0.15) is 0 Å². The van der Waals surface area contributed by atoms with Gasteiger partial charge in [0.15, 0.2) is 0 Å². The Morgan fingerprint density at radius 3 is 2.13 bits per heavy atom. The minimum Gasteiger partial charge on any atom is -0.508 e. The van der Waals surface area contributed by atoms with Crippen LogP contribution in [0.25, 0.3) is 32.7 Å². The van der Waals surface area contributed by atoms with Crippen LogP contribution in [-0.4, -0.2) is 22.8 Å². The number of phenolic OH excluding ortho intramolecular Hbond substituents is 2. The largest absolute Gasteiger partial charge is 0.508 e. The Bertz CT molecular complexity index is 1240. The molecule has 0 aliphatic heterocycles. The molecule has 4 heteroatoms. The van der Waals surface area contributed by atoms with Crippen molar-refractivity contribution >= 4 is 27.5 Å². The number of unbranched alkanes of at least 4 members (excludes halogenated alkanes) is 3. The molecular formula is C27H26O4. The van der Waals surface area contributed by atoms with E-state index >= 15 is 0 Å². The van der Waals surface area contributed by atoms with E-state index < -0.39 is 5.97 Å². The van der Waals surface area contributed by atoms with E-state index in [4.69, 9.17) is 4.74 Å². The second-order valence-corrected chi connectivity index (χ2v) is 7.87. The zero-order valence-electron chi connectivity index (χ0n) is 17.6. The summed E-state index contributed by atoms with van der Waals surface area (Å²) in [6.45, 7) is 2.50. The summed E-state index contributed by atoms with van der Waals surface area (Å²) in [6.07, 6.45) is 4.11.